The highest BCUT2D eigenvalue weighted by Crippen LogP contribution is 2.11. The van der Waals surface area contributed by atoms with Crippen LogP contribution in [0.4, 0.5) is 0 Å². The smallest absolute Gasteiger partial charge is 0.00104 e. The van der Waals surface area contributed by atoms with Gasteiger partial charge in [-0.1, -0.05) is 20.3 Å². The summed E-state index contributed by atoms with van der Waals surface area (Å²) in [6, 6.07) is 0.361. The van der Waals surface area contributed by atoms with Crippen LogP contribution >= 0.6 is 0 Å². The summed E-state index contributed by atoms with van der Waals surface area (Å²) < 4.78 is 0. The van der Waals surface area contributed by atoms with Crippen molar-refractivity contribution < 1.29 is 0 Å². The molecule has 0 heterocycles. The van der Waals surface area contributed by atoms with E-state index in [4.69, 9.17) is 5.73 Å². The van der Waals surface area contributed by atoms with Crippen LogP contribution in [0.1, 0.15) is 46.5 Å². The minimum Gasteiger partial charge on any atom is -0.328 e. The first kappa shape index (κ1) is 17.9. The highest BCUT2D eigenvalue weighted by Gasteiger charge is 2.09. The lowest BCUT2D eigenvalue weighted by Gasteiger charge is -2.25. The molecule has 2 atom stereocenters. The molecule has 0 saturated heterocycles. The summed E-state index contributed by atoms with van der Waals surface area (Å²) in [6.07, 6.45) is 5.02. The zero-order valence-corrected chi connectivity index (χ0v) is 13.3. The molecule has 0 rings (SSSR count). The second-order valence-corrected chi connectivity index (χ2v) is 6.06. The first-order chi connectivity index (χ1) is 8.45. The van der Waals surface area contributed by atoms with Crippen LogP contribution in [0, 0.1) is 5.92 Å². The summed E-state index contributed by atoms with van der Waals surface area (Å²) in [6.45, 7) is 11.6. The lowest BCUT2D eigenvalue weighted by molar-refractivity contribution is 0.227. The van der Waals surface area contributed by atoms with Gasteiger partial charge in [0.05, 0.1) is 0 Å². The molecule has 0 aliphatic heterocycles. The molecule has 0 radical (unpaired) electrons. The maximum absolute atomic E-state index is 5.79. The van der Waals surface area contributed by atoms with Gasteiger partial charge in [-0.05, 0) is 65.8 Å². The van der Waals surface area contributed by atoms with Crippen molar-refractivity contribution in [3.63, 3.8) is 0 Å². The van der Waals surface area contributed by atoms with Gasteiger partial charge >= 0.3 is 0 Å². The van der Waals surface area contributed by atoms with Crippen molar-refractivity contribution in [2.75, 3.05) is 40.3 Å². The standard InChI is InChI=1S/C15H35N3/c1-6-18(12-8-11-17(4)5)13-14(2)9-7-10-15(3)16/h14-15H,6-13,16H2,1-5H3. The average Bonchev–Trinajstić information content (AvgIpc) is 2.26. The Labute approximate surface area is 115 Å². The maximum atomic E-state index is 5.79. The Kier molecular flexibility index (Phi) is 10.7. The predicted octanol–water partition coefficient (Wildman–Crippen LogP) is 2.41. The zero-order chi connectivity index (χ0) is 14.0. The highest BCUT2D eigenvalue weighted by molar-refractivity contribution is 4.64. The van der Waals surface area contributed by atoms with Crippen molar-refractivity contribution in [1.29, 1.82) is 0 Å². The third-order valence-corrected chi connectivity index (χ3v) is 3.45. The Bertz CT molecular complexity index is 181. The molecule has 0 saturated carbocycles. The minimum atomic E-state index is 0.361. The number of hydrogen-bond acceptors (Lipinski definition) is 3. The second kappa shape index (κ2) is 10.8. The van der Waals surface area contributed by atoms with Gasteiger partial charge in [-0.15, -0.1) is 0 Å². The third-order valence-electron chi connectivity index (χ3n) is 3.45. The Morgan fingerprint density at radius 1 is 1.00 bits per heavy atom. The van der Waals surface area contributed by atoms with E-state index in [1.54, 1.807) is 0 Å². The Morgan fingerprint density at radius 3 is 2.17 bits per heavy atom. The number of hydrogen-bond donors (Lipinski definition) is 1. The van der Waals surface area contributed by atoms with Crippen LogP contribution in [0.3, 0.4) is 0 Å². The van der Waals surface area contributed by atoms with E-state index in [1.165, 1.54) is 45.4 Å². The highest BCUT2D eigenvalue weighted by atomic mass is 15.1. The van der Waals surface area contributed by atoms with Crippen LogP contribution in [0.5, 0.6) is 0 Å². The van der Waals surface area contributed by atoms with E-state index in [9.17, 15) is 0 Å². The SMILES string of the molecule is CCN(CCCN(C)C)CC(C)CCCC(C)N. The molecule has 0 aromatic rings. The van der Waals surface area contributed by atoms with Crippen molar-refractivity contribution in [3.05, 3.63) is 0 Å². The van der Waals surface area contributed by atoms with Gasteiger partial charge in [0.25, 0.3) is 0 Å². The van der Waals surface area contributed by atoms with Gasteiger partial charge in [-0.2, -0.15) is 0 Å². The van der Waals surface area contributed by atoms with Crippen molar-refractivity contribution in [2.24, 2.45) is 11.7 Å². The second-order valence-electron chi connectivity index (χ2n) is 6.06. The average molecular weight is 257 g/mol. The molecule has 0 amide bonds. The van der Waals surface area contributed by atoms with Gasteiger partial charge in [-0.3, -0.25) is 0 Å². The van der Waals surface area contributed by atoms with Gasteiger partial charge in [0, 0.05) is 12.6 Å². The molecule has 0 spiro atoms. The molecule has 0 aromatic heterocycles. The maximum Gasteiger partial charge on any atom is 0.00104 e. The van der Waals surface area contributed by atoms with E-state index in [0.717, 1.165) is 12.3 Å². The first-order valence-corrected chi connectivity index (χ1v) is 7.58. The molecule has 0 bridgehead atoms. The van der Waals surface area contributed by atoms with E-state index >= 15 is 0 Å². The molecule has 0 aliphatic rings. The fourth-order valence-electron chi connectivity index (χ4n) is 2.31. The quantitative estimate of drug-likeness (QED) is 0.617. The Balaban J connectivity index is 3.68. The summed E-state index contributed by atoms with van der Waals surface area (Å²) in [4.78, 5) is 4.85. The van der Waals surface area contributed by atoms with Crippen molar-refractivity contribution in [2.45, 2.75) is 52.5 Å². The molecule has 18 heavy (non-hydrogen) atoms. The lowest BCUT2D eigenvalue weighted by atomic mass is 10.0. The Hall–Kier alpha value is -0.120. The monoisotopic (exact) mass is 257 g/mol. The van der Waals surface area contributed by atoms with Crippen LogP contribution in [0.15, 0.2) is 0 Å². The normalized spacial score (nSPS) is 15.3. The summed E-state index contributed by atoms with van der Waals surface area (Å²) in [5, 5.41) is 0. The minimum absolute atomic E-state index is 0.361. The van der Waals surface area contributed by atoms with Gasteiger partial charge in [-0.25, -0.2) is 0 Å². The van der Waals surface area contributed by atoms with Crippen molar-refractivity contribution >= 4 is 0 Å². The van der Waals surface area contributed by atoms with Gasteiger partial charge in [0.1, 0.15) is 0 Å². The van der Waals surface area contributed by atoms with E-state index in [2.05, 4.69) is 44.7 Å². The third kappa shape index (κ3) is 11.0. The predicted molar refractivity (Wildman–Crippen MR) is 81.9 cm³/mol. The number of rotatable bonds is 11. The first-order valence-electron chi connectivity index (χ1n) is 7.58. The molecule has 2 N–H and O–H groups in total. The summed E-state index contributed by atoms with van der Waals surface area (Å²) >= 11 is 0. The van der Waals surface area contributed by atoms with E-state index in [1.807, 2.05) is 0 Å². The van der Waals surface area contributed by atoms with Crippen molar-refractivity contribution in [3.8, 4) is 0 Å². The molecule has 3 heteroatoms. The molecular weight excluding hydrogens is 222 g/mol. The van der Waals surface area contributed by atoms with Crippen molar-refractivity contribution in [1.82, 2.24) is 9.80 Å². The number of nitrogens with zero attached hydrogens (tertiary/aromatic N) is 2. The zero-order valence-electron chi connectivity index (χ0n) is 13.3. The van der Waals surface area contributed by atoms with E-state index < -0.39 is 0 Å². The fraction of sp³-hybridized carbons (Fsp3) is 1.00. The largest absolute Gasteiger partial charge is 0.328 e. The van der Waals surface area contributed by atoms with E-state index in [-0.39, 0.29) is 0 Å². The van der Waals surface area contributed by atoms with Crippen LogP contribution < -0.4 is 5.73 Å². The van der Waals surface area contributed by atoms with E-state index in [0.29, 0.717) is 6.04 Å². The molecule has 3 nitrogen and oxygen atoms in total. The van der Waals surface area contributed by atoms with Crippen LogP contribution in [0.2, 0.25) is 0 Å². The molecule has 0 fully saturated rings. The molecule has 2 unspecified atom stereocenters. The van der Waals surface area contributed by atoms with Gasteiger partial charge in [0.15, 0.2) is 0 Å². The summed E-state index contributed by atoms with van der Waals surface area (Å²) in [7, 11) is 4.29. The number of nitrogens with two attached hydrogens (primary N) is 1. The van der Waals surface area contributed by atoms with Crippen LogP contribution in [0.25, 0.3) is 0 Å². The molecule has 0 aliphatic carbocycles. The Morgan fingerprint density at radius 2 is 1.67 bits per heavy atom. The van der Waals surface area contributed by atoms with Gasteiger partial charge in [0.2, 0.25) is 0 Å². The molecular formula is C15H35N3. The lowest BCUT2D eigenvalue weighted by Crippen LogP contribution is -2.31. The van der Waals surface area contributed by atoms with Crippen LogP contribution in [-0.4, -0.2) is 56.1 Å². The molecule has 110 valence electrons. The topological polar surface area (TPSA) is 32.5 Å². The molecule has 0 aromatic carbocycles. The summed E-state index contributed by atoms with van der Waals surface area (Å²) in [5.41, 5.74) is 5.79. The van der Waals surface area contributed by atoms with Crippen LogP contribution in [-0.2, 0) is 0 Å². The van der Waals surface area contributed by atoms with Gasteiger partial charge < -0.3 is 15.5 Å². The fourth-order valence-corrected chi connectivity index (χ4v) is 2.31. The summed E-state index contributed by atoms with van der Waals surface area (Å²) in [5.74, 6) is 0.794.